The van der Waals surface area contributed by atoms with Crippen molar-refractivity contribution in [3.05, 3.63) is 0 Å². The molecule has 5 unspecified atom stereocenters. The number of esters is 6. The van der Waals surface area contributed by atoms with E-state index in [9.17, 15) is 28.8 Å². The Hall–Kier alpha value is -2.95. The molecule has 0 aliphatic carbocycles. The van der Waals surface area contributed by atoms with Crippen molar-refractivity contribution in [3.63, 3.8) is 0 Å². The first-order valence-electron chi connectivity index (χ1n) is 15.7. The lowest BCUT2D eigenvalue weighted by atomic mass is 9.97. The minimum Gasteiger partial charge on any atom is -0.463 e. The smallest absolute Gasteiger partial charge is 0.305 e. The molecular weight excluding hydrogens is 688 g/mol. The Morgan fingerprint density at radius 3 is 1.29 bits per heavy atom. The summed E-state index contributed by atoms with van der Waals surface area (Å²) in [7, 11) is -4.75. The zero-order valence-electron chi connectivity index (χ0n) is 30.1. The number of carbonyl (C=O) groups excluding carboxylic acids is 6. The molecule has 19 heteroatoms. The summed E-state index contributed by atoms with van der Waals surface area (Å²) in [6, 6.07) is 0. The standard InChI is InChI=1S/C30H50O17Si2/c1-15(31)37-13-22-24(46-48(7,8)9)26(47-49(10,11)12)28(42-19(5)35)29(44-22)38-14-21-23(39-16(2)32)25(40-17(3)33)27(41-18(4)34)30(45-21)43-20(6)36/h21-30H,13-14H2,1-12H3/t21?,22?,23-,24+,25?,26+,27+,28?,29+,30?/m1/s1. The van der Waals surface area contributed by atoms with E-state index >= 15 is 0 Å². The van der Waals surface area contributed by atoms with Gasteiger partial charge in [0.2, 0.25) is 12.4 Å². The van der Waals surface area contributed by atoms with Crippen LogP contribution in [-0.4, -0.2) is 127 Å². The van der Waals surface area contributed by atoms with E-state index in [-0.39, 0.29) is 6.61 Å². The fourth-order valence-electron chi connectivity index (χ4n) is 5.19. The first-order chi connectivity index (χ1) is 22.5. The maximum Gasteiger partial charge on any atom is 0.305 e. The lowest BCUT2D eigenvalue weighted by Gasteiger charge is -2.49. The number of hydrogen-bond acceptors (Lipinski definition) is 17. The molecule has 0 N–H and O–H groups in total. The van der Waals surface area contributed by atoms with Crippen LogP contribution in [0.1, 0.15) is 41.5 Å². The number of rotatable bonds is 14. The summed E-state index contributed by atoms with van der Waals surface area (Å²) >= 11 is 0. The Bertz CT molecular complexity index is 1200. The van der Waals surface area contributed by atoms with Crippen molar-refractivity contribution in [2.75, 3.05) is 13.2 Å². The summed E-state index contributed by atoms with van der Waals surface area (Å²) in [6.45, 7) is 17.6. The highest BCUT2D eigenvalue weighted by molar-refractivity contribution is 6.70. The molecule has 2 heterocycles. The molecule has 0 aromatic carbocycles. The van der Waals surface area contributed by atoms with Gasteiger partial charge in [-0.3, -0.25) is 28.8 Å². The van der Waals surface area contributed by atoms with Gasteiger partial charge in [0.25, 0.3) is 0 Å². The third-order valence-electron chi connectivity index (χ3n) is 6.53. The Labute approximate surface area is 288 Å². The van der Waals surface area contributed by atoms with Crippen LogP contribution < -0.4 is 0 Å². The molecule has 0 saturated carbocycles. The second kappa shape index (κ2) is 17.8. The van der Waals surface area contributed by atoms with Gasteiger partial charge in [-0.1, -0.05) is 0 Å². The molecule has 49 heavy (non-hydrogen) atoms. The van der Waals surface area contributed by atoms with Crippen LogP contribution in [0.5, 0.6) is 0 Å². The zero-order valence-corrected chi connectivity index (χ0v) is 32.1. The normalized spacial score (nSPS) is 30.4. The van der Waals surface area contributed by atoms with E-state index in [2.05, 4.69) is 0 Å². The van der Waals surface area contributed by atoms with Crippen LogP contribution in [-0.2, 0) is 80.3 Å². The fourth-order valence-corrected chi connectivity index (χ4v) is 7.38. The highest BCUT2D eigenvalue weighted by atomic mass is 28.4. The van der Waals surface area contributed by atoms with Crippen LogP contribution in [0.25, 0.3) is 0 Å². The molecule has 2 saturated heterocycles. The number of hydrogen-bond donors (Lipinski definition) is 0. The van der Waals surface area contributed by atoms with Crippen LogP contribution in [0, 0.1) is 0 Å². The second-order valence-corrected chi connectivity index (χ2v) is 22.4. The molecular formula is C30H50O17Si2. The molecule has 2 aliphatic rings. The van der Waals surface area contributed by atoms with Crippen molar-refractivity contribution in [3.8, 4) is 0 Å². The monoisotopic (exact) mass is 738 g/mol. The highest BCUT2D eigenvalue weighted by Gasteiger charge is 2.56. The summed E-state index contributed by atoms with van der Waals surface area (Å²) in [6.07, 6.45) is -12.9. The minimum absolute atomic E-state index is 0.258. The molecule has 280 valence electrons. The van der Waals surface area contributed by atoms with E-state index in [1.807, 2.05) is 39.3 Å². The van der Waals surface area contributed by atoms with Crippen molar-refractivity contribution in [1.82, 2.24) is 0 Å². The third kappa shape index (κ3) is 14.1. The van der Waals surface area contributed by atoms with Crippen molar-refractivity contribution in [1.29, 1.82) is 0 Å². The van der Waals surface area contributed by atoms with Crippen LogP contribution in [0.15, 0.2) is 0 Å². The topological polar surface area (TPSA) is 204 Å². The van der Waals surface area contributed by atoms with Crippen LogP contribution in [0.4, 0.5) is 0 Å². The molecule has 2 rings (SSSR count). The van der Waals surface area contributed by atoms with E-state index in [0.29, 0.717) is 0 Å². The molecule has 0 bridgehead atoms. The van der Waals surface area contributed by atoms with Gasteiger partial charge in [0.15, 0.2) is 41.2 Å². The van der Waals surface area contributed by atoms with Crippen LogP contribution in [0.3, 0.4) is 0 Å². The average molecular weight is 739 g/mol. The third-order valence-corrected chi connectivity index (χ3v) is 8.49. The summed E-state index contributed by atoms with van der Waals surface area (Å²) in [4.78, 5) is 72.8. The van der Waals surface area contributed by atoms with Crippen molar-refractivity contribution in [2.24, 2.45) is 0 Å². The lowest BCUT2D eigenvalue weighted by molar-refractivity contribution is -0.327. The Balaban J connectivity index is 2.61. The molecule has 10 atom stereocenters. The molecule has 0 amide bonds. The van der Waals surface area contributed by atoms with E-state index in [1.54, 1.807) is 0 Å². The van der Waals surface area contributed by atoms with Gasteiger partial charge in [-0.2, -0.15) is 0 Å². The summed E-state index contributed by atoms with van der Waals surface area (Å²) in [5, 5.41) is 0. The van der Waals surface area contributed by atoms with Crippen molar-refractivity contribution < 1.29 is 80.3 Å². The molecule has 0 aromatic rings. The largest absolute Gasteiger partial charge is 0.463 e. The van der Waals surface area contributed by atoms with Crippen molar-refractivity contribution >= 4 is 52.5 Å². The Kier molecular flexibility index (Phi) is 15.4. The number of carbonyl (C=O) groups is 6. The van der Waals surface area contributed by atoms with Gasteiger partial charge in [-0.25, -0.2) is 0 Å². The maximum atomic E-state index is 12.5. The van der Waals surface area contributed by atoms with E-state index in [0.717, 1.165) is 27.7 Å². The van der Waals surface area contributed by atoms with Gasteiger partial charge in [0.05, 0.1) is 6.61 Å². The van der Waals surface area contributed by atoms with E-state index < -0.39 is 120 Å². The SMILES string of the molecule is CC(=O)OCC1O[C@H](OCC2OC(OC(C)=O)[C@@H](OC(C)=O)C(OC(C)=O)[C@@H]2OC(C)=O)C(OC(C)=O)[C@@H](O[Si](C)(C)C)[C@H]1O[Si](C)(C)C. The Morgan fingerprint density at radius 1 is 0.449 bits per heavy atom. The second-order valence-electron chi connectivity index (χ2n) is 13.5. The zero-order chi connectivity index (χ0) is 37.4. The fraction of sp³-hybridized carbons (Fsp3) is 0.800. The first-order valence-corrected chi connectivity index (χ1v) is 22.6. The van der Waals surface area contributed by atoms with Crippen molar-refractivity contribution in [2.45, 2.75) is 142 Å². The molecule has 0 spiro atoms. The van der Waals surface area contributed by atoms with Crippen LogP contribution >= 0.6 is 0 Å². The lowest BCUT2D eigenvalue weighted by Crippen LogP contribution is -2.66. The molecule has 17 nitrogen and oxygen atoms in total. The summed E-state index contributed by atoms with van der Waals surface area (Å²) in [5.74, 6) is -4.56. The predicted octanol–water partition coefficient (Wildman–Crippen LogP) is 1.75. The maximum absolute atomic E-state index is 12.5. The van der Waals surface area contributed by atoms with Gasteiger partial charge in [-0.05, 0) is 39.3 Å². The van der Waals surface area contributed by atoms with Gasteiger partial charge < -0.3 is 51.5 Å². The molecule has 0 radical (unpaired) electrons. The Morgan fingerprint density at radius 2 is 0.837 bits per heavy atom. The van der Waals surface area contributed by atoms with Crippen LogP contribution in [0.2, 0.25) is 39.3 Å². The van der Waals surface area contributed by atoms with Gasteiger partial charge in [0.1, 0.15) is 31.0 Å². The predicted molar refractivity (Wildman–Crippen MR) is 170 cm³/mol. The minimum atomic E-state index is -2.41. The average Bonchev–Trinajstić information content (AvgIpc) is 2.90. The van der Waals surface area contributed by atoms with E-state index in [1.165, 1.54) is 13.8 Å². The molecule has 2 fully saturated rings. The molecule has 2 aliphatic heterocycles. The highest BCUT2D eigenvalue weighted by Crippen LogP contribution is 2.35. The number of ether oxygens (including phenoxy) is 9. The van der Waals surface area contributed by atoms with Gasteiger partial charge in [0, 0.05) is 41.5 Å². The summed E-state index contributed by atoms with van der Waals surface area (Å²) < 4.78 is 64.0. The van der Waals surface area contributed by atoms with Gasteiger partial charge in [-0.15, -0.1) is 0 Å². The quantitative estimate of drug-likeness (QED) is 0.141. The summed E-state index contributed by atoms with van der Waals surface area (Å²) in [5.41, 5.74) is 0. The molecule has 0 aromatic heterocycles. The van der Waals surface area contributed by atoms with E-state index in [4.69, 9.17) is 51.5 Å². The first kappa shape index (κ1) is 42.2. The van der Waals surface area contributed by atoms with Gasteiger partial charge >= 0.3 is 35.8 Å².